The third kappa shape index (κ3) is 6.89. The second kappa shape index (κ2) is 9.60. The highest BCUT2D eigenvalue weighted by molar-refractivity contribution is 7.90. The van der Waals surface area contributed by atoms with Crippen LogP contribution in [-0.2, 0) is 24.7 Å². The van der Waals surface area contributed by atoms with Gasteiger partial charge in [0.25, 0.3) is 11.1 Å². The van der Waals surface area contributed by atoms with Gasteiger partial charge in [0.05, 0.1) is 17.9 Å². The number of rotatable bonds is 8. The maximum absolute atomic E-state index is 12.4. The van der Waals surface area contributed by atoms with E-state index in [4.69, 9.17) is 20.5 Å². The fraction of sp³-hybridized carbons (Fsp3) is 0.250. The predicted octanol–water partition coefficient (Wildman–Crippen LogP) is 1.88. The second-order valence-corrected chi connectivity index (χ2v) is 10.5. The van der Waals surface area contributed by atoms with Gasteiger partial charge in [-0.3, -0.25) is 10.1 Å². The number of sulfone groups is 1. The number of carbonyl (C=O) groups is 1. The summed E-state index contributed by atoms with van der Waals surface area (Å²) in [4.78, 5) is 16.1. The van der Waals surface area contributed by atoms with Gasteiger partial charge in [-0.1, -0.05) is 11.6 Å². The van der Waals surface area contributed by atoms with Gasteiger partial charge < -0.3 is 8.92 Å². The Labute approximate surface area is 187 Å². The molecule has 1 aromatic heterocycles. The molecule has 1 amide bonds. The van der Waals surface area contributed by atoms with E-state index in [-0.39, 0.29) is 39.4 Å². The lowest BCUT2D eigenvalue weighted by molar-refractivity contribution is -0.112. The van der Waals surface area contributed by atoms with E-state index in [1.807, 2.05) is 0 Å². The van der Waals surface area contributed by atoms with Crippen LogP contribution in [0.5, 0.6) is 11.5 Å². The summed E-state index contributed by atoms with van der Waals surface area (Å²) >= 11 is 6.74. The molecule has 0 aliphatic carbocycles. The van der Waals surface area contributed by atoms with E-state index in [1.54, 1.807) is 13.0 Å². The van der Waals surface area contributed by atoms with Crippen LogP contribution in [0, 0.1) is 11.3 Å². The van der Waals surface area contributed by atoms with Crippen LogP contribution in [0.1, 0.15) is 12.5 Å². The fourth-order valence-corrected chi connectivity index (χ4v) is 4.27. The molecule has 2 rings (SSSR count). The zero-order valence-corrected chi connectivity index (χ0v) is 19.4. The average molecular weight is 507 g/mol. The molecule has 0 saturated heterocycles. The lowest BCUT2D eigenvalue weighted by Crippen LogP contribution is -2.13. The molecule has 1 heterocycles. The number of anilines is 1. The van der Waals surface area contributed by atoms with E-state index in [9.17, 15) is 26.9 Å². The number of amides is 1. The molecule has 0 unspecified atom stereocenters. The molecular weight excluding hydrogens is 492 g/mol. The Hall–Kier alpha value is -2.73. The van der Waals surface area contributed by atoms with E-state index < -0.39 is 31.0 Å². The highest BCUT2D eigenvalue weighted by atomic mass is 35.5. The number of hydrogen-bond donors (Lipinski definition) is 1. The largest absolute Gasteiger partial charge is 0.490 e. The average Bonchev–Trinajstić information content (AvgIpc) is 3.10. The van der Waals surface area contributed by atoms with Crippen molar-refractivity contribution >= 4 is 60.2 Å². The highest BCUT2D eigenvalue weighted by Gasteiger charge is 2.19. The summed E-state index contributed by atoms with van der Waals surface area (Å²) in [7, 11) is -7.54. The van der Waals surface area contributed by atoms with E-state index in [0.29, 0.717) is 11.5 Å². The molecule has 1 N–H and O–H groups in total. The number of nitrogens with one attached hydrogen (secondary N) is 1. The molecule has 2 aromatic rings. The van der Waals surface area contributed by atoms with Gasteiger partial charge in [-0.05, 0) is 30.7 Å². The lowest BCUT2D eigenvalue weighted by atomic mass is 10.1. The van der Waals surface area contributed by atoms with Gasteiger partial charge in [0.1, 0.15) is 11.6 Å². The summed E-state index contributed by atoms with van der Waals surface area (Å²) in [6.45, 7) is 1.82. The third-order valence-electron chi connectivity index (χ3n) is 3.20. The molecule has 0 atom stereocenters. The lowest BCUT2D eigenvalue weighted by Gasteiger charge is -2.13. The number of nitriles is 1. The van der Waals surface area contributed by atoms with E-state index in [1.165, 1.54) is 18.2 Å². The first-order valence-corrected chi connectivity index (χ1v) is 13.0. The van der Waals surface area contributed by atoms with Crippen molar-refractivity contribution in [1.29, 1.82) is 5.26 Å². The normalized spacial score (nSPS) is 12.2. The first-order chi connectivity index (χ1) is 14.3. The molecule has 15 heteroatoms. The Morgan fingerprint density at radius 2 is 2.00 bits per heavy atom. The smallest absolute Gasteiger partial charge is 0.306 e. The number of ether oxygens (including phenoxy) is 1. The minimum atomic E-state index is -3.89. The summed E-state index contributed by atoms with van der Waals surface area (Å²) in [5.74, 6) is -1.11. The van der Waals surface area contributed by atoms with E-state index in [2.05, 4.69) is 14.7 Å². The van der Waals surface area contributed by atoms with E-state index in [0.717, 1.165) is 12.5 Å². The molecule has 1 aromatic carbocycles. The molecule has 31 heavy (non-hydrogen) atoms. The molecule has 166 valence electrons. The van der Waals surface area contributed by atoms with Crippen molar-refractivity contribution in [1.82, 2.24) is 9.36 Å². The van der Waals surface area contributed by atoms with Crippen LogP contribution in [0.4, 0.5) is 5.13 Å². The van der Waals surface area contributed by atoms with Crippen LogP contribution in [0.2, 0.25) is 5.02 Å². The third-order valence-corrected chi connectivity index (χ3v) is 5.54. The molecule has 0 saturated carbocycles. The minimum absolute atomic E-state index is 0.00806. The van der Waals surface area contributed by atoms with Gasteiger partial charge in [0, 0.05) is 17.8 Å². The molecule has 0 bridgehead atoms. The zero-order valence-electron chi connectivity index (χ0n) is 16.2. The van der Waals surface area contributed by atoms with Crippen LogP contribution in [-0.4, -0.2) is 51.2 Å². The summed E-state index contributed by atoms with van der Waals surface area (Å²) < 4.78 is 59.6. The van der Waals surface area contributed by atoms with Crippen LogP contribution in [0.25, 0.3) is 6.08 Å². The van der Waals surface area contributed by atoms with Gasteiger partial charge in [-0.2, -0.15) is 23.0 Å². The molecule has 0 spiro atoms. The van der Waals surface area contributed by atoms with Gasteiger partial charge in [0.2, 0.25) is 20.7 Å². The number of nitrogens with zero attached hydrogens (tertiary/aromatic N) is 3. The van der Waals surface area contributed by atoms with Crippen LogP contribution in [0.15, 0.2) is 22.9 Å². The monoisotopic (exact) mass is 506 g/mol. The van der Waals surface area contributed by atoms with Crippen molar-refractivity contribution < 1.29 is 30.6 Å². The Bertz CT molecular complexity index is 1290. The van der Waals surface area contributed by atoms with Crippen molar-refractivity contribution in [2.24, 2.45) is 0 Å². The SMILES string of the molecule is CCOc1cc(C=C(C#N)C(=O)Nc2nc(S(C)(=O)=O)ns2)cc(Cl)c1OS(C)(=O)=O. The molecule has 0 radical (unpaired) electrons. The Kier molecular flexibility index (Phi) is 7.60. The Balaban J connectivity index is 2.37. The summed E-state index contributed by atoms with van der Waals surface area (Å²) in [5, 5.41) is 10.9. The summed E-state index contributed by atoms with van der Waals surface area (Å²) in [5.41, 5.74) is -0.124. The van der Waals surface area contributed by atoms with Crippen LogP contribution < -0.4 is 14.2 Å². The van der Waals surface area contributed by atoms with E-state index >= 15 is 0 Å². The molecule has 0 aliphatic heterocycles. The predicted molar refractivity (Wildman–Crippen MR) is 113 cm³/mol. The Morgan fingerprint density at radius 3 is 2.52 bits per heavy atom. The Morgan fingerprint density at radius 1 is 1.32 bits per heavy atom. The maximum atomic E-state index is 12.4. The highest BCUT2D eigenvalue weighted by Crippen LogP contribution is 2.38. The first-order valence-electron chi connectivity index (χ1n) is 8.16. The first kappa shape index (κ1) is 24.5. The van der Waals surface area contributed by atoms with Gasteiger partial charge in [-0.15, -0.1) is 0 Å². The van der Waals surface area contributed by atoms with Gasteiger partial charge in [-0.25, -0.2) is 8.42 Å². The molecule has 11 nitrogen and oxygen atoms in total. The van der Waals surface area contributed by atoms with Crippen molar-refractivity contribution in [2.75, 3.05) is 24.4 Å². The zero-order chi connectivity index (χ0) is 23.4. The number of aromatic nitrogens is 2. The number of halogens is 1. The topological polar surface area (TPSA) is 165 Å². The molecule has 0 fully saturated rings. The van der Waals surface area contributed by atoms with Gasteiger partial charge in [0.15, 0.2) is 5.75 Å². The molecule has 0 aliphatic rings. The molecular formula is C16H15ClN4O7S3. The number of carbonyl (C=O) groups excluding carboxylic acids is 1. The van der Waals surface area contributed by atoms with Crippen molar-refractivity contribution in [3.8, 4) is 17.6 Å². The maximum Gasteiger partial charge on any atom is 0.306 e. The van der Waals surface area contributed by atoms with Crippen molar-refractivity contribution in [3.05, 3.63) is 28.3 Å². The van der Waals surface area contributed by atoms with Gasteiger partial charge >= 0.3 is 10.1 Å². The summed E-state index contributed by atoms with van der Waals surface area (Å²) in [6.07, 6.45) is 2.93. The number of hydrogen-bond acceptors (Lipinski definition) is 11. The fourth-order valence-electron chi connectivity index (χ4n) is 2.06. The van der Waals surface area contributed by atoms with Crippen molar-refractivity contribution in [3.63, 3.8) is 0 Å². The van der Waals surface area contributed by atoms with Crippen LogP contribution in [0.3, 0.4) is 0 Å². The van der Waals surface area contributed by atoms with Crippen LogP contribution >= 0.6 is 23.1 Å². The standard InChI is InChI=1S/C16H15ClN4O7S3/c1-4-27-12-7-9(6-11(17)13(12)28-31(3,25)26)5-10(8-18)14(22)19-15-20-16(21-29-15)30(2,23)24/h5-7H,4H2,1-3H3,(H,19,20,21,22). The quantitative estimate of drug-likeness (QED) is 0.317. The number of benzene rings is 1. The minimum Gasteiger partial charge on any atom is -0.490 e. The second-order valence-electron chi connectivity index (χ2n) is 5.83. The summed E-state index contributed by atoms with van der Waals surface area (Å²) in [6, 6.07) is 4.33. The van der Waals surface area contributed by atoms with Crippen molar-refractivity contribution in [2.45, 2.75) is 12.1 Å².